The lowest BCUT2D eigenvalue weighted by Gasteiger charge is -2.24. The van der Waals surface area contributed by atoms with Crippen molar-refractivity contribution in [3.05, 3.63) is 18.3 Å². The molecule has 0 N–H and O–H groups in total. The molecule has 1 saturated heterocycles. The molecule has 1 aliphatic rings. The van der Waals surface area contributed by atoms with E-state index in [0.29, 0.717) is 6.04 Å². The van der Waals surface area contributed by atoms with Gasteiger partial charge in [-0.3, -0.25) is 0 Å². The number of rotatable bonds is 4. The fourth-order valence-corrected chi connectivity index (χ4v) is 3.72. The molecule has 1 aromatic rings. The molecule has 0 aliphatic carbocycles. The van der Waals surface area contributed by atoms with Crippen LogP contribution in [0.1, 0.15) is 12.8 Å². The summed E-state index contributed by atoms with van der Waals surface area (Å²) < 4.78 is 25.1. The maximum absolute atomic E-state index is 11.9. The molecular formula is C12H18BrN3O2S. The molecule has 1 atom stereocenters. The number of aromatic nitrogens is 1. The van der Waals surface area contributed by atoms with E-state index in [2.05, 4.69) is 25.8 Å². The lowest BCUT2D eigenvalue weighted by molar-refractivity contribution is 0.520. The number of alkyl halides is 1. The van der Waals surface area contributed by atoms with Crippen LogP contribution in [-0.4, -0.2) is 49.7 Å². The maximum atomic E-state index is 11.9. The van der Waals surface area contributed by atoms with Crippen molar-refractivity contribution in [2.45, 2.75) is 23.8 Å². The minimum Gasteiger partial charge on any atom is -0.353 e. The topological polar surface area (TPSA) is 53.5 Å². The fourth-order valence-electron chi connectivity index (χ4n) is 2.20. The van der Waals surface area contributed by atoms with Crippen LogP contribution in [0.2, 0.25) is 0 Å². The van der Waals surface area contributed by atoms with Crippen molar-refractivity contribution < 1.29 is 8.42 Å². The first-order valence-corrected chi connectivity index (χ1v) is 8.74. The van der Waals surface area contributed by atoms with Gasteiger partial charge in [0.05, 0.1) is 0 Å². The summed E-state index contributed by atoms with van der Waals surface area (Å²) in [7, 11) is -0.356. The van der Waals surface area contributed by atoms with E-state index in [1.165, 1.54) is 24.6 Å². The van der Waals surface area contributed by atoms with Crippen LogP contribution in [0.3, 0.4) is 0 Å². The Morgan fingerprint density at radius 3 is 2.74 bits per heavy atom. The molecule has 106 valence electrons. The van der Waals surface area contributed by atoms with E-state index in [1.54, 1.807) is 12.1 Å². The third kappa shape index (κ3) is 2.93. The SMILES string of the molecule is CN(C)S(=O)(=O)c1ccc(N2CCCC2CBr)nc1. The van der Waals surface area contributed by atoms with E-state index < -0.39 is 10.0 Å². The van der Waals surface area contributed by atoms with E-state index in [4.69, 9.17) is 0 Å². The van der Waals surface area contributed by atoms with Crippen LogP contribution >= 0.6 is 15.9 Å². The minimum atomic E-state index is -3.39. The molecule has 1 aliphatic heterocycles. The van der Waals surface area contributed by atoms with Crippen LogP contribution < -0.4 is 4.90 Å². The highest BCUT2D eigenvalue weighted by Crippen LogP contribution is 2.25. The van der Waals surface area contributed by atoms with Gasteiger partial charge in [0.2, 0.25) is 10.0 Å². The number of pyridine rings is 1. The average Bonchev–Trinajstić information content (AvgIpc) is 2.87. The van der Waals surface area contributed by atoms with Gasteiger partial charge in [-0.1, -0.05) is 15.9 Å². The van der Waals surface area contributed by atoms with Gasteiger partial charge in [0.25, 0.3) is 0 Å². The highest BCUT2D eigenvalue weighted by Gasteiger charge is 2.25. The van der Waals surface area contributed by atoms with Gasteiger partial charge in [0.15, 0.2) is 0 Å². The molecular weight excluding hydrogens is 330 g/mol. The molecule has 0 amide bonds. The lowest BCUT2D eigenvalue weighted by atomic mass is 10.2. The number of hydrogen-bond donors (Lipinski definition) is 0. The second-order valence-corrected chi connectivity index (χ2v) is 7.58. The van der Waals surface area contributed by atoms with E-state index in [-0.39, 0.29) is 4.90 Å². The van der Waals surface area contributed by atoms with Crippen molar-refractivity contribution in [2.24, 2.45) is 0 Å². The van der Waals surface area contributed by atoms with E-state index in [0.717, 1.165) is 30.5 Å². The Labute approximate surface area is 122 Å². The molecule has 7 heteroatoms. The zero-order valence-electron chi connectivity index (χ0n) is 11.1. The van der Waals surface area contributed by atoms with Gasteiger partial charge in [-0.2, -0.15) is 0 Å². The fraction of sp³-hybridized carbons (Fsp3) is 0.583. The third-order valence-electron chi connectivity index (χ3n) is 3.35. The van der Waals surface area contributed by atoms with Crippen molar-refractivity contribution >= 4 is 31.8 Å². The van der Waals surface area contributed by atoms with Gasteiger partial charge in [-0.25, -0.2) is 17.7 Å². The van der Waals surface area contributed by atoms with Crippen LogP contribution in [0.4, 0.5) is 5.82 Å². The zero-order valence-corrected chi connectivity index (χ0v) is 13.5. The second kappa shape index (κ2) is 5.76. The Kier molecular flexibility index (Phi) is 4.47. The predicted molar refractivity (Wildman–Crippen MR) is 79.3 cm³/mol. The molecule has 0 spiro atoms. The lowest BCUT2D eigenvalue weighted by Crippen LogP contribution is -2.31. The number of sulfonamides is 1. The molecule has 0 bridgehead atoms. The number of halogens is 1. The van der Waals surface area contributed by atoms with Crippen LogP contribution in [0.5, 0.6) is 0 Å². The van der Waals surface area contributed by atoms with Crippen molar-refractivity contribution in [1.82, 2.24) is 9.29 Å². The van der Waals surface area contributed by atoms with Crippen LogP contribution in [0.25, 0.3) is 0 Å². The molecule has 1 fully saturated rings. The summed E-state index contributed by atoms with van der Waals surface area (Å²) in [6, 6.07) is 3.86. The number of hydrogen-bond acceptors (Lipinski definition) is 4. The van der Waals surface area contributed by atoms with Crippen LogP contribution in [0.15, 0.2) is 23.2 Å². The molecule has 2 rings (SSSR count). The second-order valence-electron chi connectivity index (χ2n) is 4.78. The Morgan fingerprint density at radius 2 is 2.21 bits per heavy atom. The predicted octanol–water partition coefficient (Wildman–Crippen LogP) is 1.70. The summed E-state index contributed by atoms with van der Waals surface area (Å²) in [6.45, 7) is 0.975. The molecule has 0 radical (unpaired) electrons. The summed E-state index contributed by atoms with van der Waals surface area (Å²) in [5.74, 6) is 0.847. The van der Waals surface area contributed by atoms with Gasteiger partial charge < -0.3 is 4.90 Å². The van der Waals surface area contributed by atoms with Crippen molar-refractivity contribution in [3.8, 4) is 0 Å². The minimum absolute atomic E-state index is 0.232. The molecule has 19 heavy (non-hydrogen) atoms. The molecule has 0 saturated carbocycles. The first kappa shape index (κ1) is 14.7. The summed E-state index contributed by atoms with van der Waals surface area (Å²) in [6.07, 6.45) is 3.73. The Morgan fingerprint density at radius 1 is 1.47 bits per heavy atom. The van der Waals surface area contributed by atoms with Gasteiger partial charge in [-0.05, 0) is 25.0 Å². The summed E-state index contributed by atoms with van der Waals surface area (Å²) >= 11 is 3.51. The molecule has 0 aromatic carbocycles. The first-order valence-electron chi connectivity index (χ1n) is 6.18. The first-order chi connectivity index (χ1) is 8.96. The monoisotopic (exact) mass is 347 g/mol. The van der Waals surface area contributed by atoms with Crippen molar-refractivity contribution in [3.63, 3.8) is 0 Å². The van der Waals surface area contributed by atoms with E-state index >= 15 is 0 Å². The van der Waals surface area contributed by atoms with E-state index in [9.17, 15) is 8.42 Å². The standard InChI is InChI=1S/C12H18BrN3O2S/c1-15(2)19(17,18)11-5-6-12(14-9-11)16-7-3-4-10(16)8-13/h5-6,9-10H,3-4,7-8H2,1-2H3. The third-order valence-corrected chi connectivity index (χ3v) is 5.89. The summed E-state index contributed by atoms with van der Waals surface area (Å²) in [4.78, 5) is 6.76. The Hall–Kier alpha value is -0.660. The van der Waals surface area contributed by atoms with Crippen LogP contribution in [0, 0.1) is 0 Å². The van der Waals surface area contributed by atoms with E-state index in [1.807, 2.05) is 0 Å². The average molecular weight is 348 g/mol. The number of anilines is 1. The molecule has 2 heterocycles. The quantitative estimate of drug-likeness (QED) is 0.778. The molecule has 1 aromatic heterocycles. The van der Waals surface area contributed by atoms with Gasteiger partial charge in [0, 0.05) is 38.2 Å². The Bertz CT molecular complexity index is 530. The smallest absolute Gasteiger partial charge is 0.244 e. The molecule has 1 unspecified atom stereocenters. The van der Waals surface area contributed by atoms with Crippen LogP contribution in [-0.2, 0) is 10.0 Å². The van der Waals surface area contributed by atoms with Gasteiger partial charge in [0.1, 0.15) is 10.7 Å². The summed E-state index contributed by atoms with van der Waals surface area (Å²) in [5.41, 5.74) is 0. The van der Waals surface area contributed by atoms with Gasteiger partial charge in [-0.15, -0.1) is 0 Å². The van der Waals surface area contributed by atoms with Crippen molar-refractivity contribution in [2.75, 3.05) is 30.9 Å². The highest BCUT2D eigenvalue weighted by molar-refractivity contribution is 9.09. The maximum Gasteiger partial charge on any atom is 0.244 e. The largest absolute Gasteiger partial charge is 0.353 e. The molecule has 5 nitrogen and oxygen atoms in total. The summed E-state index contributed by atoms with van der Waals surface area (Å²) in [5, 5.41) is 0.909. The highest BCUT2D eigenvalue weighted by atomic mass is 79.9. The van der Waals surface area contributed by atoms with Gasteiger partial charge >= 0.3 is 0 Å². The zero-order chi connectivity index (χ0) is 14.0. The normalized spacial score (nSPS) is 20.2. The van der Waals surface area contributed by atoms with Crippen molar-refractivity contribution in [1.29, 1.82) is 0 Å². The Balaban J connectivity index is 2.24. The number of nitrogens with zero attached hydrogens (tertiary/aromatic N) is 3.